The highest BCUT2D eigenvalue weighted by Crippen LogP contribution is 2.29. The van der Waals surface area contributed by atoms with Gasteiger partial charge in [-0.05, 0) is 68.1 Å². The van der Waals surface area contributed by atoms with Crippen LogP contribution in [0.2, 0.25) is 10.0 Å². The van der Waals surface area contributed by atoms with Crippen molar-refractivity contribution in [1.29, 1.82) is 0 Å². The third-order valence-corrected chi connectivity index (χ3v) is 9.34. The summed E-state index contributed by atoms with van der Waals surface area (Å²) >= 11 is 12.8. The van der Waals surface area contributed by atoms with E-state index in [9.17, 15) is 18.0 Å². The summed E-state index contributed by atoms with van der Waals surface area (Å²) in [6.07, 6.45) is 0.720. The SMILES string of the molecule is CCCNC(=O)[C@@H](C)N(Cc1c(Cl)cccc1Cl)C(=O)CN(c1ccc(C(C)C)cc1)S(=O)(=O)c1ccc(C)cc1. The van der Waals surface area contributed by atoms with Gasteiger partial charge in [0.15, 0.2) is 0 Å². The number of rotatable bonds is 12. The predicted molar refractivity (Wildman–Crippen MR) is 166 cm³/mol. The molecule has 3 aromatic carbocycles. The van der Waals surface area contributed by atoms with E-state index in [1.807, 2.05) is 39.8 Å². The van der Waals surface area contributed by atoms with Crippen molar-refractivity contribution in [2.75, 3.05) is 17.4 Å². The Kier molecular flexibility index (Phi) is 11.2. The maximum absolute atomic E-state index is 14.0. The van der Waals surface area contributed by atoms with Crippen molar-refractivity contribution in [2.24, 2.45) is 0 Å². The third kappa shape index (κ3) is 8.03. The maximum Gasteiger partial charge on any atom is 0.264 e. The molecule has 0 radical (unpaired) electrons. The molecule has 220 valence electrons. The Balaban J connectivity index is 2.07. The zero-order chi connectivity index (χ0) is 30.3. The summed E-state index contributed by atoms with van der Waals surface area (Å²) in [5, 5.41) is 3.49. The largest absolute Gasteiger partial charge is 0.354 e. The second-order valence-corrected chi connectivity index (χ2v) is 12.9. The molecular formula is C31H37Cl2N3O4S. The Bertz CT molecular complexity index is 1440. The fourth-order valence-corrected chi connectivity index (χ4v) is 6.16. The van der Waals surface area contributed by atoms with Crippen molar-refractivity contribution >= 4 is 50.7 Å². The molecule has 0 unspecified atom stereocenters. The molecule has 0 bridgehead atoms. The summed E-state index contributed by atoms with van der Waals surface area (Å²) in [4.78, 5) is 28.4. The first-order valence-corrected chi connectivity index (χ1v) is 15.8. The monoisotopic (exact) mass is 617 g/mol. The van der Waals surface area contributed by atoms with Crippen LogP contribution in [0, 0.1) is 6.92 Å². The van der Waals surface area contributed by atoms with Crippen molar-refractivity contribution in [3.63, 3.8) is 0 Å². The fraction of sp³-hybridized carbons (Fsp3) is 0.355. The van der Waals surface area contributed by atoms with Gasteiger partial charge in [-0.1, -0.05) is 79.9 Å². The second-order valence-electron chi connectivity index (χ2n) is 10.3. The molecule has 0 aliphatic rings. The topological polar surface area (TPSA) is 86.8 Å². The lowest BCUT2D eigenvalue weighted by molar-refractivity contribution is -0.139. The highest BCUT2D eigenvalue weighted by atomic mass is 35.5. The summed E-state index contributed by atoms with van der Waals surface area (Å²) < 4.78 is 29.0. The molecule has 0 aliphatic carbocycles. The Morgan fingerprint density at radius 2 is 1.49 bits per heavy atom. The molecule has 0 saturated carbocycles. The van der Waals surface area contributed by atoms with Crippen molar-refractivity contribution in [3.05, 3.63) is 93.5 Å². The molecule has 1 N–H and O–H groups in total. The van der Waals surface area contributed by atoms with Gasteiger partial charge in [-0.3, -0.25) is 13.9 Å². The summed E-state index contributed by atoms with van der Waals surface area (Å²) in [7, 11) is -4.15. The van der Waals surface area contributed by atoms with Gasteiger partial charge in [-0.15, -0.1) is 0 Å². The number of hydrogen-bond donors (Lipinski definition) is 1. The van der Waals surface area contributed by atoms with E-state index < -0.39 is 28.5 Å². The summed E-state index contributed by atoms with van der Waals surface area (Å²) in [5.74, 6) is -0.701. The number of carbonyl (C=O) groups is 2. The Morgan fingerprint density at radius 3 is 2.02 bits per heavy atom. The smallest absolute Gasteiger partial charge is 0.264 e. The molecule has 10 heteroatoms. The van der Waals surface area contributed by atoms with Gasteiger partial charge in [0.05, 0.1) is 10.6 Å². The molecule has 3 aromatic rings. The minimum Gasteiger partial charge on any atom is -0.354 e. The molecule has 41 heavy (non-hydrogen) atoms. The van der Waals surface area contributed by atoms with Crippen LogP contribution in [0.15, 0.2) is 71.6 Å². The molecule has 3 rings (SSSR count). The van der Waals surface area contributed by atoms with Gasteiger partial charge in [0, 0.05) is 28.7 Å². The molecule has 7 nitrogen and oxygen atoms in total. The van der Waals surface area contributed by atoms with Crippen molar-refractivity contribution in [2.45, 2.75) is 64.4 Å². The zero-order valence-corrected chi connectivity index (χ0v) is 26.4. The normalized spacial score (nSPS) is 12.2. The average Bonchev–Trinajstić information content (AvgIpc) is 2.94. The van der Waals surface area contributed by atoms with E-state index in [-0.39, 0.29) is 23.3 Å². The summed E-state index contributed by atoms with van der Waals surface area (Å²) in [6, 6.07) is 17.6. The molecule has 0 saturated heterocycles. The molecule has 2 amide bonds. The van der Waals surface area contributed by atoms with Crippen LogP contribution in [0.5, 0.6) is 0 Å². The standard InChI is InChI=1S/C31H37Cl2N3O4S/c1-6-18-34-31(38)23(5)35(19-27-28(32)8-7-9-29(27)33)30(37)20-36(25-14-12-24(13-15-25)21(2)3)41(39,40)26-16-10-22(4)11-17-26/h7-17,21,23H,6,18-20H2,1-5H3,(H,34,38)/t23-/m1/s1. The number of carbonyl (C=O) groups excluding carboxylic acids is 2. The van der Waals surface area contributed by atoms with E-state index in [4.69, 9.17) is 23.2 Å². The van der Waals surface area contributed by atoms with Gasteiger partial charge >= 0.3 is 0 Å². The maximum atomic E-state index is 14.0. The van der Waals surface area contributed by atoms with Gasteiger partial charge in [-0.2, -0.15) is 0 Å². The lowest BCUT2D eigenvalue weighted by Crippen LogP contribution is -2.51. The number of aryl methyl sites for hydroxylation is 1. The minimum absolute atomic E-state index is 0.0540. The van der Waals surface area contributed by atoms with E-state index in [0.29, 0.717) is 27.8 Å². The fourth-order valence-electron chi connectivity index (χ4n) is 4.22. The number of benzene rings is 3. The van der Waals surface area contributed by atoms with Gasteiger partial charge in [0.2, 0.25) is 11.8 Å². The number of anilines is 1. The number of hydrogen-bond acceptors (Lipinski definition) is 4. The van der Waals surface area contributed by atoms with Crippen LogP contribution < -0.4 is 9.62 Å². The molecule has 0 fully saturated rings. The summed E-state index contributed by atoms with van der Waals surface area (Å²) in [5.41, 5.74) is 2.74. The van der Waals surface area contributed by atoms with Gasteiger partial charge in [0.1, 0.15) is 12.6 Å². The van der Waals surface area contributed by atoms with E-state index in [1.165, 1.54) is 17.0 Å². The number of sulfonamides is 1. The van der Waals surface area contributed by atoms with E-state index in [2.05, 4.69) is 5.32 Å². The van der Waals surface area contributed by atoms with E-state index in [0.717, 1.165) is 21.9 Å². The summed E-state index contributed by atoms with van der Waals surface area (Å²) in [6.45, 7) is 9.30. The van der Waals surface area contributed by atoms with Gasteiger partial charge in [0.25, 0.3) is 10.0 Å². The minimum atomic E-state index is -4.15. The average molecular weight is 619 g/mol. The molecule has 0 heterocycles. The Hall–Kier alpha value is -3.07. The van der Waals surface area contributed by atoms with Crippen LogP contribution in [0.3, 0.4) is 0 Å². The van der Waals surface area contributed by atoms with Gasteiger partial charge < -0.3 is 10.2 Å². The van der Waals surface area contributed by atoms with Crippen molar-refractivity contribution in [1.82, 2.24) is 10.2 Å². The van der Waals surface area contributed by atoms with Crippen LogP contribution in [0.1, 0.15) is 56.7 Å². The number of nitrogens with one attached hydrogen (secondary N) is 1. The highest BCUT2D eigenvalue weighted by Gasteiger charge is 2.33. The Labute approximate surface area is 253 Å². The van der Waals surface area contributed by atoms with Crippen molar-refractivity contribution < 1.29 is 18.0 Å². The zero-order valence-electron chi connectivity index (χ0n) is 24.0. The van der Waals surface area contributed by atoms with Crippen LogP contribution >= 0.6 is 23.2 Å². The van der Waals surface area contributed by atoms with Crippen LogP contribution in [0.25, 0.3) is 0 Å². The highest BCUT2D eigenvalue weighted by molar-refractivity contribution is 7.92. The van der Waals surface area contributed by atoms with Crippen LogP contribution in [0.4, 0.5) is 5.69 Å². The van der Waals surface area contributed by atoms with E-state index in [1.54, 1.807) is 49.4 Å². The molecule has 0 spiro atoms. The number of amides is 2. The second kappa shape index (κ2) is 14.2. The van der Waals surface area contributed by atoms with Crippen LogP contribution in [-0.2, 0) is 26.2 Å². The first-order valence-electron chi connectivity index (χ1n) is 13.6. The molecule has 0 aliphatic heterocycles. The van der Waals surface area contributed by atoms with E-state index >= 15 is 0 Å². The first-order chi connectivity index (χ1) is 19.4. The van der Waals surface area contributed by atoms with Crippen molar-refractivity contribution in [3.8, 4) is 0 Å². The number of nitrogens with zero attached hydrogens (tertiary/aromatic N) is 2. The number of halogens is 2. The lowest BCUT2D eigenvalue weighted by Gasteiger charge is -2.32. The predicted octanol–water partition coefficient (Wildman–Crippen LogP) is 6.56. The van der Waals surface area contributed by atoms with Crippen LogP contribution in [-0.4, -0.2) is 44.3 Å². The third-order valence-electron chi connectivity index (χ3n) is 6.84. The molecular weight excluding hydrogens is 581 g/mol. The molecule has 1 atom stereocenters. The first kappa shape index (κ1) is 32.4. The molecule has 0 aromatic heterocycles. The lowest BCUT2D eigenvalue weighted by atomic mass is 10.0. The van der Waals surface area contributed by atoms with Gasteiger partial charge in [-0.25, -0.2) is 8.42 Å². The Morgan fingerprint density at radius 1 is 0.902 bits per heavy atom. The quantitative estimate of drug-likeness (QED) is 0.249.